The number of nitrogens with one attached hydrogen (secondary N) is 2. The maximum atomic E-state index is 12.6. The average molecular weight is 432 g/mol. The van der Waals surface area contributed by atoms with E-state index in [9.17, 15) is 9.59 Å². The minimum atomic E-state index is -0.573. The Balaban J connectivity index is 1.58. The van der Waals surface area contributed by atoms with E-state index in [0.29, 0.717) is 22.7 Å². The molecule has 0 saturated heterocycles. The molecule has 2 heterocycles. The number of carbonyl (C=O) groups excluding carboxylic acids is 2. The number of aromatic nitrogens is 2. The number of para-hydroxylation sites is 2. The molecule has 2 aromatic heterocycles. The van der Waals surface area contributed by atoms with Crippen LogP contribution in [0.15, 0.2) is 59.0 Å². The van der Waals surface area contributed by atoms with E-state index in [-0.39, 0.29) is 30.1 Å². The number of benzene rings is 2. The van der Waals surface area contributed by atoms with Crippen LogP contribution in [-0.4, -0.2) is 35.0 Å². The molecule has 164 valence electrons. The molecule has 32 heavy (non-hydrogen) atoms. The maximum absolute atomic E-state index is 12.6. The van der Waals surface area contributed by atoms with E-state index in [2.05, 4.69) is 20.6 Å². The Morgan fingerprint density at radius 2 is 1.81 bits per heavy atom. The smallest absolute Gasteiger partial charge is 0.328 e. The number of hydrogen-bond acceptors (Lipinski definition) is 7. The van der Waals surface area contributed by atoms with Gasteiger partial charge in [-0.1, -0.05) is 44.2 Å². The first kappa shape index (κ1) is 21.3. The monoisotopic (exact) mass is 432 g/mol. The summed E-state index contributed by atoms with van der Waals surface area (Å²) in [5.74, 6) is 0.378. The number of ether oxygens (including phenoxy) is 1. The molecule has 1 amide bonds. The van der Waals surface area contributed by atoms with Gasteiger partial charge < -0.3 is 19.8 Å². The molecule has 0 fully saturated rings. The predicted molar refractivity (Wildman–Crippen MR) is 121 cm³/mol. The predicted octanol–water partition coefficient (Wildman–Crippen LogP) is 3.92. The third-order valence-corrected chi connectivity index (χ3v) is 5.12. The Kier molecular flexibility index (Phi) is 6.02. The van der Waals surface area contributed by atoms with Gasteiger partial charge in [0.05, 0.1) is 19.2 Å². The van der Waals surface area contributed by atoms with Crippen molar-refractivity contribution in [2.75, 3.05) is 12.4 Å². The summed E-state index contributed by atoms with van der Waals surface area (Å²) in [5, 5.41) is 7.62. The lowest BCUT2D eigenvalue weighted by Gasteiger charge is -2.21. The summed E-state index contributed by atoms with van der Waals surface area (Å²) in [5.41, 5.74) is 1.35. The highest BCUT2D eigenvalue weighted by Gasteiger charge is 2.24. The minimum absolute atomic E-state index is 0.0209. The van der Waals surface area contributed by atoms with E-state index in [1.54, 1.807) is 6.07 Å². The van der Waals surface area contributed by atoms with Crippen molar-refractivity contribution in [2.24, 2.45) is 5.92 Å². The zero-order valence-electron chi connectivity index (χ0n) is 18.1. The number of carbonyl (C=O) groups is 2. The zero-order valence-corrected chi connectivity index (χ0v) is 18.1. The maximum Gasteiger partial charge on any atom is 0.328 e. The molecule has 0 aliphatic heterocycles. The lowest BCUT2D eigenvalue weighted by molar-refractivity contribution is -0.142. The summed E-state index contributed by atoms with van der Waals surface area (Å²) in [4.78, 5) is 33.9. The molecular formula is C24H24N4O4. The first-order chi connectivity index (χ1) is 15.5. The number of nitrogens with zero attached hydrogens (tertiary/aromatic N) is 2. The molecule has 0 saturated carbocycles. The largest absolute Gasteiger partial charge is 0.467 e. The van der Waals surface area contributed by atoms with Gasteiger partial charge >= 0.3 is 5.97 Å². The van der Waals surface area contributed by atoms with Crippen molar-refractivity contribution in [3.8, 4) is 0 Å². The molecule has 2 N–H and O–H groups in total. The highest BCUT2D eigenvalue weighted by Crippen LogP contribution is 2.23. The van der Waals surface area contributed by atoms with Crippen LogP contribution >= 0.6 is 0 Å². The Bertz CT molecular complexity index is 1250. The summed E-state index contributed by atoms with van der Waals surface area (Å²) in [6, 6.07) is 16.0. The van der Waals surface area contributed by atoms with Crippen LogP contribution in [-0.2, 0) is 16.1 Å². The van der Waals surface area contributed by atoms with Crippen molar-refractivity contribution in [2.45, 2.75) is 26.4 Å². The van der Waals surface area contributed by atoms with Crippen LogP contribution in [0.3, 0.4) is 0 Å². The van der Waals surface area contributed by atoms with Crippen molar-refractivity contribution in [1.29, 1.82) is 0 Å². The molecule has 0 radical (unpaired) electrons. The SMILES string of the molecule is COC(=O)[C@@H](Nc1nc(CNC(=O)c2cc3ccccc3o2)nc2ccccc12)C(C)C. The molecule has 1 atom stereocenters. The Morgan fingerprint density at radius 3 is 2.56 bits per heavy atom. The van der Waals surface area contributed by atoms with Crippen LogP contribution in [0.25, 0.3) is 21.9 Å². The second-order valence-corrected chi connectivity index (χ2v) is 7.73. The molecule has 0 aliphatic rings. The molecular weight excluding hydrogens is 408 g/mol. The summed E-state index contributed by atoms with van der Waals surface area (Å²) in [7, 11) is 1.36. The van der Waals surface area contributed by atoms with Gasteiger partial charge in [-0.15, -0.1) is 0 Å². The van der Waals surface area contributed by atoms with Crippen molar-refractivity contribution in [1.82, 2.24) is 15.3 Å². The zero-order chi connectivity index (χ0) is 22.7. The van der Waals surface area contributed by atoms with Crippen LogP contribution in [0.5, 0.6) is 0 Å². The summed E-state index contributed by atoms with van der Waals surface area (Å²) in [6.07, 6.45) is 0. The lowest BCUT2D eigenvalue weighted by Crippen LogP contribution is -2.36. The van der Waals surface area contributed by atoms with Gasteiger partial charge in [-0.25, -0.2) is 14.8 Å². The van der Waals surface area contributed by atoms with Crippen LogP contribution in [0.4, 0.5) is 5.82 Å². The van der Waals surface area contributed by atoms with E-state index in [1.165, 1.54) is 7.11 Å². The van der Waals surface area contributed by atoms with Crippen LogP contribution < -0.4 is 10.6 Å². The van der Waals surface area contributed by atoms with Crippen LogP contribution in [0.1, 0.15) is 30.2 Å². The van der Waals surface area contributed by atoms with Gasteiger partial charge in [0, 0.05) is 10.8 Å². The molecule has 4 rings (SSSR count). The highest BCUT2D eigenvalue weighted by atomic mass is 16.5. The minimum Gasteiger partial charge on any atom is -0.467 e. The number of amides is 1. The van der Waals surface area contributed by atoms with Gasteiger partial charge in [-0.3, -0.25) is 4.79 Å². The summed E-state index contributed by atoms with van der Waals surface area (Å²) < 4.78 is 10.5. The molecule has 0 bridgehead atoms. The third-order valence-electron chi connectivity index (χ3n) is 5.12. The van der Waals surface area contributed by atoms with E-state index < -0.39 is 6.04 Å². The number of hydrogen-bond donors (Lipinski definition) is 2. The highest BCUT2D eigenvalue weighted by molar-refractivity contribution is 5.96. The quantitative estimate of drug-likeness (QED) is 0.426. The van der Waals surface area contributed by atoms with Crippen LogP contribution in [0, 0.1) is 5.92 Å². The molecule has 0 aliphatic carbocycles. The molecule has 8 heteroatoms. The Morgan fingerprint density at radius 1 is 1.06 bits per heavy atom. The molecule has 0 unspecified atom stereocenters. The second-order valence-electron chi connectivity index (χ2n) is 7.73. The number of anilines is 1. The fourth-order valence-electron chi connectivity index (χ4n) is 3.43. The van der Waals surface area contributed by atoms with E-state index in [0.717, 1.165) is 10.8 Å². The average Bonchev–Trinajstić information content (AvgIpc) is 3.24. The molecule has 0 spiro atoms. The topological polar surface area (TPSA) is 106 Å². The second kappa shape index (κ2) is 9.05. The van der Waals surface area contributed by atoms with Crippen molar-refractivity contribution < 1.29 is 18.7 Å². The van der Waals surface area contributed by atoms with Crippen molar-refractivity contribution >= 4 is 39.6 Å². The van der Waals surface area contributed by atoms with E-state index in [4.69, 9.17) is 9.15 Å². The number of fused-ring (bicyclic) bond motifs is 2. The Labute approximate surface area is 185 Å². The van der Waals surface area contributed by atoms with Gasteiger partial charge in [-0.2, -0.15) is 0 Å². The third kappa shape index (κ3) is 4.39. The fourth-order valence-corrected chi connectivity index (χ4v) is 3.43. The van der Waals surface area contributed by atoms with E-state index in [1.807, 2.05) is 62.4 Å². The number of rotatable bonds is 7. The summed E-state index contributed by atoms with van der Waals surface area (Å²) >= 11 is 0. The van der Waals surface area contributed by atoms with Gasteiger partial charge in [-0.05, 0) is 30.2 Å². The number of furan rings is 1. The van der Waals surface area contributed by atoms with Gasteiger partial charge in [0.25, 0.3) is 5.91 Å². The molecule has 8 nitrogen and oxygen atoms in total. The van der Waals surface area contributed by atoms with Gasteiger partial charge in [0.15, 0.2) is 11.6 Å². The standard InChI is InChI=1S/C24H24N4O4/c1-14(2)21(24(30)31-3)28-22-16-9-5-6-10-17(16)26-20(27-22)13-25-23(29)19-12-15-8-4-7-11-18(15)32-19/h4-12,14,21H,13H2,1-3H3,(H,25,29)(H,26,27,28)/t21-/m0/s1. The first-order valence-corrected chi connectivity index (χ1v) is 10.3. The fraction of sp³-hybridized carbons (Fsp3) is 0.250. The number of methoxy groups -OCH3 is 1. The molecule has 4 aromatic rings. The van der Waals surface area contributed by atoms with Gasteiger partial charge in [0.1, 0.15) is 17.4 Å². The molecule has 2 aromatic carbocycles. The summed E-state index contributed by atoms with van der Waals surface area (Å²) in [6.45, 7) is 3.94. The lowest BCUT2D eigenvalue weighted by atomic mass is 10.0. The van der Waals surface area contributed by atoms with Crippen molar-refractivity contribution in [3.63, 3.8) is 0 Å². The first-order valence-electron chi connectivity index (χ1n) is 10.3. The Hall–Kier alpha value is -3.94. The normalized spacial score (nSPS) is 12.1. The van der Waals surface area contributed by atoms with Gasteiger partial charge in [0.2, 0.25) is 0 Å². The number of esters is 1. The van der Waals surface area contributed by atoms with Crippen molar-refractivity contribution in [3.05, 3.63) is 66.2 Å². The van der Waals surface area contributed by atoms with Crippen LogP contribution in [0.2, 0.25) is 0 Å². The van der Waals surface area contributed by atoms with E-state index >= 15 is 0 Å².